The predicted octanol–water partition coefficient (Wildman–Crippen LogP) is 2.88. The molecule has 0 aliphatic carbocycles. The Morgan fingerprint density at radius 2 is 1.89 bits per heavy atom. The van der Waals surface area contributed by atoms with Crippen LogP contribution in [0, 0.1) is 0 Å². The first-order chi connectivity index (χ1) is 8.74. The van der Waals surface area contributed by atoms with E-state index in [0.717, 1.165) is 6.42 Å². The highest BCUT2D eigenvalue weighted by Gasteiger charge is 2.10. The van der Waals surface area contributed by atoms with Gasteiger partial charge in [0.25, 0.3) is 0 Å². The van der Waals surface area contributed by atoms with Gasteiger partial charge in [0.15, 0.2) is 5.78 Å². The number of hydrogen-bond donors (Lipinski definition) is 0. The Morgan fingerprint density at radius 3 is 2.50 bits per heavy atom. The third kappa shape index (κ3) is 2.56. The van der Waals surface area contributed by atoms with Crippen molar-refractivity contribution in [3.63, 3.8) is 0 Å². The van der Waals surface area contributed by atoms with Gasteiger partial charge in [-0.05, 0) is 18.1 Å². The van der Waals surface area contributed by atoms with Crippen molar-refractivity contribution in [3.8, 4) is 5.75 Å². The van der Waals surface area contributed by atoms with Crippen molar-refractivity contribution in [3.05, 3.63) is 59.4 Å². The average Bonchev–Trinajstić information content (AvgIpc) is 2.46. The van der Waals surface area contributed by atoms with Crippen LogP contribution in [0.2, 0.25) is 0 Å². The standard InChI is InChI=1S/C15H15NO2/c1-3-11-4-6-12(7-5-11)15(17)13-8-14(18-2)10-16-9-13/h4-10H,3H2,1-2H3. The number of pyridine rings is 1. The van der Waals surface area contributed by atoms with Gasteiger partial charge in [-0.1, -0.05) is 31.2 Å². The number of aromatic nitrogens is 1. The summed E-state index contributed by atoms with van der Waals surface area (Å²) in [6.07, 6.45) is 4.10. The number of ketones is 1. The molecule has 0 aliphatic heterocycles. The second kappa shape index (κ2) is 5.45. The van der Waals surface area contributed by atoms with Crippen molar-refractivity contribution >= 4 is 5.78 Å². The van der Waals surface area contributed by atoms with Crippen LogP contribution in [0.3, 0.4) is 0 Å². The molecule has 3 heteroatoms. The summed E-state index contributed by atoms with van der Waals surface area (Å²) in [6.45, 7) is 2.09. The molecule has 0 spiro atoms. The molecule has 2 aromatic rings. The molecule has 0 aliphatic rings. The number of hydrogen-bond acceptors (Lipinski definition) is 3. The molecule has 2 rings (SSSR count). The van der Waals surface area contributed by atoms with Gasteiger partial charge in [-0.3, -0.25) is 9.78 Å². The zero-order valence-corrected chi connectivity index (χ0v) is 10.5. The predicted molar refractivity (Wildman–Crippen MR) is 70.0 cm³/mol. The molecule has 18 heavy (non-hydrogen) atoms. The zero-order valence-electron chi connectivity index (χ0n) is 10.5. The van der Waals surface area contributed by atoms with Crippen molar-refractivity contribution in [1.29, 1.82) is 0 Å². The van der Waals surface area contributed by atoms with Crippen molar-refractivity contribution < 1.29 is 9.53 Å². The SMILES string of the molecule is CCc1ccc(C(=O)c2cncc(OC)c2)cc1. The monoisotopic (exact) mass is 241 g/mol. The second-order valence-corrected chi connectivity index (χ2v) is 3.99. The Morgan fingerprint density at radius 1 is 1.17 bits per heavy atom. The minimum atomic E-state index is -0.0379. The number of carbonyl (C=O) groups is 1. The molecule has 0 saturated heterocycles. The van der Waals surface area contributed by atoms with Gasteiger partial charge in [-0.15, -0.1) is 0 Å². The lowest BCUT2D eigenvalue weighted by atomic mass is 10.0. The van der Waals surface area contributed by atoms with E-state index in [4.69, 9.17) is 4.74 Å². The van der Waals surface area contributed by atoms with Gasteiger partial charge in [0.1, 0.15) is 5.75 Å². The first-order valence-corrected chi connectivity index (χ1v) is 5.87. The van der Waals surface area contributed by atoms with Gasteiger partial charge in [0.05, 0.1) is 13.3 Å². The fourth-order valence-corrected chi connectivity index (χ4v) is 1.71. The van der Waals surface area contributed by atoms with E-state index >= 15 is 0 Å². The summed E-state index contributed by atoms with van der Waals surface area (Å²) in [5.41, 5.74) is 2.43. The fourth-order valence-electron chi connectivity index (χ4n) is 1.71. The zero-order chi connectivity index (χ0) is 13.0. The van der Waals surface area contributed by atoms with Crippen molar-refractivity contribution in [2.24, 2.45) is 0 Å². The topological polar surface area (TPSA) is 39.2 Å². The number of carbonyl (C=O) groups excluding carboxylic acids is 1. The Labute approximate surface area is 106 Å². The molecular weight excluding hydrogens is 226 g/mol. The third-order valence-electron chi connectivity index (χ3n) is 2.84. The van der Waals surface area contributed by atoms with Crippen LogP contribution >= 0.6 is 0 Å². The van der Waals surface area contributed by atoms with E-state index in [1.165, 1.54) is 5.56 Å². The first kappa shape index (κ1) is 12.3. The summed E-state index contributed by atoms with van der Waals surface area (Å²) < 4.78 is 5.06. The number of aryl methyl sites for hydroxylation is 1. The summed E-state index contributed by atoms with van der Waals surface area (Å²) in [4.78, 5) is 16.2. The van der Waals surface area contributed by atoms with Crippen molar-refractivity contribution in [2.45, 2.75) is 13.3 Å². The van der Waals surface area contributed by atoms with Crippen LogP contribution in [-0.4, -0.2) is 17.9 Å². The van der Waals surface area contributed by atoms with Crippen LogP contribution in [0.1, 0.15) is 28.4 Å². The molecule has 0 bridgehead atoms. The Hall–Kier alpha value is -2.16. The lowest BCUT2D eigenvalue weighted by Gasteiger charge is -2.04. The van der Waals surface area contributed by atoms with Crippen LogP contribution in [0.5, 0.6) is 5.75 Å². The summed E-state index contributed by atoms with van der Waals surface area (Å²) in [6, 6.07) is 9.34. The molecule has 1 aromatic carbocycles. The molecule has 0 unspecified atom stereocenters. The quantitative estimate of drug-likeness (QED) is 0.773. The Kier molecular flexibility index (Phi) is 3.72. The van der Waals surface area contributed by atoms with Crippen molar-refractivity contribution in [2.75, 3.05) is 7.11 Å². The molecule has 0 fully saturated rings. The molecule has 1 aromatic heterocycles. The Bertz CT molecular complexity index is 547. The molecule has 3 nitrogen and oxygen atoms in total. The number of ether oxygens (including phenoxy) is 1. The molecule has 0 radical (unpaired) electrons. The number of rotatable bonds is 4. The van der Waals surface area contributed by atoms with Crippen LogP contribution in [0.15, 0.2) is 42.7 Å². The smallest absolute Gasteiger partial charge is 0.194 e. The lowest BCUT2D eigenvalue weighted by molar-refractivity contribution is 0.103. The summed E-state index contributed by atoms with van der Waals surface area (Å²) in [7, 11) is 1.56. The maximum absolute atomic E-state index is 12.2. The maximum Gasteiger partial charge on any atom is 0.194 e. The van der Waals surface area contributed by atoms with E-state index in [1.807, 2.05) is 24.3 Å². The van der Waals surface area contributed by atoms with E-state index in [1.54, 1.807) is 25.6 Å². The fraction of sp³-hybridized carbons (Fsp3) is 0.200. The molecule has 1 heterocycles. The molecule has 0 atom stereocenters. The third-order valence-corrected chi connectivity index (χ3v) is 2.84. The highest BCUT2D eigenvalue weighted by molar-refractivity contribution is 6.08. The molecular formula is C15H15NO2. The summed E-state index contributed by atoms with van der Waals surface area (Å²) in [5.74, 6) is 0.551. The maximum atomic E-state index is 12.2. The first-order valence-electron chi connectivity index (χ1n) is 5.87. The van der Waals surface area contributed by atoms with E-state index in [0.29, 0.717) is 16.9 Å². The lowest BCUT2D eigenvalue weighted by Crippen LogP contribution is -2.02. The van der Waals surface area contributed by atoms with Gasteiger partial charge in [0.2, 0.25) is 0 Å². The Balaban J connectivity index is 2.29. The van der Waals surface area contributed by atoms with E-state index in [-0.39, 0.29) is 5.78 Å². The summed E-state index contributed by atoms with van der Waals surface area (Å²) >= 11 is 0. The highest BCUT2D eigenvalue weighted by atomic mass is 16.5. The molecule has 0 saturated carbocycles. The number of benzene rings is 1. The average molecular weight is 241 g/mol. The van der Waals surface area contributed by atoms with Crippen LogP contribution in [-0.2, 0) is 6.42 Å². The van der Waals surface area contributed by atoms with Crippen LogP contribution in [0.25, 0.3) is 0 Å². The van der Waals surface area contributed by atoms with Gasteiger partial charge in [-0.25, -0.2) is 0 Å². The minimum absolute atomic E-state index is 0.0379. The molecule has 0 amide bonds. The summed E-state index contributed by atoms with van der Waals surface area (Å²) in [5, 5.41) is 0. The van der Waals surface area contributed by atoms with Gasteiger partial charge in [0, 0.05) is 17.3 Å². The molecule has 0 N–H and O–H groups in total. The molecule has 92 valence electrons. The second-order valence-electron chi connectivity index (χ2n) is 3.99. The largest absolute Gasteiger partial charge is 0.495 e. The van der Waals surface area contributed by atoms with E-state index < -0.39 is 0 Å². The van der Waals surface area contributed by atoms with Crippen LogP contribution in [0.4, 0.5) is 0 Å². The highest BCUT2D eigenvalue weighted by Crippen LogP contribution is 2.15. The van der Waals surface area contributed by atoms with Gasteiger partial charge < -0.3 is 4.74 Å². The normalized spacial score (nSPS) is 10.1. The van der Waals surface area contributed by atoms with Crippen molar-refractivity contribution in [1.82, 2.24) is 4.98 Å². The minimum Gasteiger partial charge on any atom is -0.495 e. The van der Waals surface area contributed by atoms with Gasteiger partial charge >= 0.3 is 0 Å². The van der Waals surface area contributed by atoms with Gasteiger partial charge in [-0.2, -0.15) is 0 Å². The van der Waals surface area contributed by atoms with E-state index in [2.05, 4.69) is 11.9 Å². The van der Waals surface area contributed by atoms with E-state index in [9.17, 15) is 4.79 Å². The number of methoxy groups -OCH3 is 1. The number of nitrogens with zero attached hydrogens (tertiary/aromatic N) is 1. The van der Waals surface area contributed by atoms with Crippen LogP contribution < -0.4 is 4.74 Å².